The average Bonchev–Trinajstić information content (AvgIpc) is 3.03. The van der Waals surface area contributed by atoms with E-state index in [1.54, 1.807) is 18.1 Å². The zero-order valence-electron chi connectivity index (χ0n) is 17.6. The molecule has 0 N–H and O–H groups in total. The molecule has 8 heteroatoms. The van der Waals surface area contributed by atoms with Crippen molar-refractivity contribution in [3.05, 3.63) is 36.2 Å². The Kier molecular flexibility index (Phi) is 5.08. The van der Waals surface area contributed by atoms with Crippen molar-refractivity contribution in [3.63, 3.8) is 0 Å². The van der Waals surface area contributed by atoms with Gasteiger partial charge in [0.25, 0.3) is 0 Å². The first kappa shape index (κ1) is 19.8. The molecular formula is C21H29N5O3. The maximum atomic E-state index is 12.2. The van der Waals surface area contributed by atoms with E-state index in [2.05, 4.69) is 27.1 Å². The molecule has 0 atom stereocenters. The third-order valence-electron chi connectivity index (χ3n) is 5.27. The zero-order valence-corrected chi connectivity index (χ0v) is 17.6. The molecule has 0 aliphatic carbocycles. The molecule has 3 heterocycles. The van der Waals surface area contributed by atoms with Crippen molar-refractivity contribution in [1.29, 1.82) is 0 Å². The van der Waals surface area contributed by atoms with Crippen molar-refractivity contribution in [1.82, 2.24) is 24.6 Å². The maximum Gasteiger partial charge on any atom is 0.410 e. The second-order valence-corrected chi connectivity index (χ2v) is 9.16. The lowest BCUT2D eigenvalue weighted by Crippen LogP contribution is -2.72. The standard InChI is InChI=1S/C21H29N5O3/c1-20(2,3)29-19(27)25-12-21(13-25)10-24(11-21)9-16-7-5-6-8-17(16)18-22-14-26(23-18)15-28-4/h5-8,14H,9-13,15H2,1-4H3. The van der Waals surface area contributed by atoms with Crippen molar-refractivity contribution >= 4 is 6.09 Å². The number of aromatic nitrogens is 3. The smallest absolute Gasteiger partial charge is 0.410 e. The highest BCUT2D eigenvalue weighted by atomic mass is 16.6. The van der Waals surface area contributed by atoms with E-state index in [1.165, 1.54) is 5.56 Å². The van der Waals surface area contributed by atoms with Crippen LogP contribution in [0, 0.1) is 5.41 Å². The number of hydrogen-bond acceptors (Lipinski definition) is 6. The van der Waals surface area contributed by atoms with E-state index in [1.807, 2.05) is 37.8 Å². The number of methoxy groups -OCH3 is 1. The molecular weight excluding hydrogens is 370 g/mol. The van der Waals surface area contributed by atoms with Crippen molar-refractivity contribution in [3.8, 4) is 11.4 Å². The summed E-state index contributed by atoms with van der Waals surface area (Å²) < 4.78 is 12.3. The van der Waals surface area contributed by atoms with E-state index in [4.69, 9.17) is 9.47 Å². The summed E-state index contributed by atoms with van der Waals surface area (Å²) in [5.74, 6) is 0.715. The first-order valence-corrected chi connectivity index (χ1v) is 9.94. The largest absolute Gasteiger partial charge is 0.444 e. The van der Waals surface area contributed by atoms with Gasteiger partial charge in [0.15, 0.2) is 5.82 Å². The Bertz CT molecular complexity index is 874. The lowest BCUT2D eigenvalue weighted by atomic mass is 9.73. The lowest BCUT2D eigenvalue weighted by Gasteiger charge is -2.60. The minimum atomic E-state index is -0.445. The number of benzene rings is 1. The van der Waals surface area contributed by atoms with Gasteiger partial charge in [0, 0.05) is 50.8 Å². The fraction of sp³-hybridized carbons (Fsp3) is 0.571. The molecule has 1 spiro atoms. The number of hydrogen-bond donors (Lipinski definition) is 0. The Labute approximate surface area is 171 Å². The summed E-state index contributed by atoms with van der Waals surface area (Å²) >= 11 is 0. The van der Waals surface area contributed by atoms with Crippen LogP contribution in [0.25, 0.3) is 11.4 Å². The molecule has 0 unspecified atom stereocenters. The first-order chi connectivity index (χ1) is 13.8. The highest BCUT2D eigenvalue weighted by molar-refractivity contribution is 5.69. The van der Waals surface area contributed by atoms with Gasteiger partial charge in [-0.25, -0.2) is 14.5 Å². The van der Waals surface area contributed by atoms with Crippen LogP contribution in [-0.2, 0) is 22.7 Å². The number of amides is 1. The number of nitrogens with zero attached hydrogens (tertiary/aromatic N) is 5. The van der Waals surface area contributed by atoms with Crippen molar-refractivity contribution in [2.24, 2.45) is 5.41 Å². The Morgan fingerprint density at radius 2 is 1.90 bits per heavy atom. The van der Waals surface area contributed by atoms with Crippen LogP contribution in [-0.4, -0.2) is 69.5 Å². The highest BCUT2D eigenvalue weighted by Crippen LogP contribution is 2.41. The summed E-state index contributed by atoms with van der Waals surface area (Å²) in [6.45, 7) is 10.5. The lowest BCUT2D eigenvalue weighted by molar-refractivity contribution is -0.115. The van der Waals surface area contributed by atoms with Gasteiger partial charge in [-0.05, 0) is 26.3 Å². The summed E-state index contributed by atoms with van der Waals surface area (Å²) in [5.41, 5.74) is 2.04. The van der Waals surface area contributed by atoms with Crippen LogP contribution in [0.3, 0.4) is 0 Å². The van der Waals surface area contributed by atoms with Crippen molar-refractivity contribution < 1.29 is 14.3 Å². The Morgan fingerprint density at radius 1 is 1.17 bits per heavy atom. The first-order valence-electron chi connectivity index (χ1n) is 9.94. The van der Waals surface area contributed by atoms with Gasteiger partial charge < -0.3 is 14.4 Å². The van der Waals surface area contributed by atoms with Crippen LogP contribution < -0.4 is 0 Å². The van der Waals surface area contributed by atoms with Crippen LogP contribution in [0.2, 0.25) is 0 Å². The zero-order chi connectivity index (χ0) is 20.6. The molecule has 8 nitrogen and oxygen atoms in total. The summed E-state index contributed by atoms with van der Waals surface area (Å²) in [7, 11) is 1.64. The van der Waals surface area contributed by atoms with E-state index in [0.717, 1.165) is 38.3 Å². The second-order valence-electron chi connectivity index (χ2n) is 9.16. The SMILES string of the molecule is COCn1cnc(-c2ccccc2CN2CC3(C2)CN(C(=O)OC(C)(C)C)C3)n1. The monoisotopic (exact) mass is 399 g/mol. The predicted molar refractivity (Wildman–Crippen MR) is 108 cm³/mol. The predicted octanol–water partition coefficient (Wildman–Crippen LogP) is 2.60. The number of rotatable bonds is 5. The third kappa shape index (κ3) is 4.28. The molecule has 2 aliphatic rings. The number of carbonyl (C=O) groups excluding carboxylic acids is 1. The molecule has 2 fully saturated rings. The number of carbonyl (C=O) groups is 1. The average molecular weight is 399 g/mol. The van der Waals surface area contributed by atoms with Crippen LogP contribution >= 0.6 is 0 Å². The van der Waals surface area contributed by atoms with E-state index < -0.39 is 5.60 Å². The molecule has 1 aromatic heterocycles. The molecule has 0 radical (unpaired) electrons. The normalized spacial score (nSPS) is 18.4. The topological polar surface area (TPSA) is 72.7 Å². The van der Waals surface area contributed by atoms with E-state index in [9.17, 15) is 4.79 Å². The fourth-order valence-electron chi connectivity index (χ4n) is 4.16. The van der Waals surface area contributed by atoms with E-state index in [0.29, 0.717) is 12.6 Å². The fourth-order valence-corrected chi connectivity index (χ4v) is 4.16. The van der Waals surface area contributed by atoms with Gasteiger partial charge in [-0.2, -0.15) is 0 Å². The molecule has 2 saturated heterocycles. The molecule has 1 aromatic carbocycles. The quantitative estimate of drug-likeness (QED) is 0.770. The summed E-state index contributed by atoms with van der Waals surface area (Å²) in [6, 6.07) is 8.25. The Morgan fingerprint density at radius 3 is 2.59 bits per heavy atom. The highest BCUT2D eigenvalue weighted by Gasteiger charge is 2.53. The molecule has 2 aromatic rings. The molecule has 156 valence electrons. The second kappa shape index (κ2) is 7.42. The summed E-state index contributed by atoms with van der Waals surface area (Å²) in [5, 5.41) is 4.50. The van der Waals surface area contributed by atoms with Crippen LogP contribution in [0.15, 0.2) is 30.6 Å². The molecule has 2 aliphatic heterocycles. The van der Waals surface area contributed by atoms with Crippen molar-refractivity contribution in [2.45, 2.75) is 39.6 Å². The minimum absolute atomic E-state index is 0.204. The van der Waals surface area contributed by atoms with Gasteiger partial charge in [0.2, 0.25) is 0 Å². The van der Waals surface area contributed by atoms with Crippen molar-refractivity contribution in [2.75, 3.05) is 33.3 Å². The van der Waals surface area contributed by atoms with Crippen LogP contribution in [0.1, 0.15) is 26.3 Å². The number of likely N-dealkylation sites (tertiary alicyclic amines) is 2. The summed E-state index contributed by atoms with van der Waals surface area (Å²) in [6.07, 6.45) is 1.48. The third-order valence-corrected chi connectivity index (χ3v) is 5.27. The van der Waals surface area contributed by atoms with Gasteiger partial charge in [-0.15, -0.1) is 5.10 Å². The molecule has 1 amide bonds. The van der Waals surface area contributed by atoms with Gasteiger partial charge in [0.1, 0.15) is 18.7 Å². The molecule has 29 heavy (non-hydrogen) atoms. The Balaban J connectivity index is 1.33. The van der Waals surface area contributed by atoms with Gasteiger partial charge in [0.05, 0.1) is 0 Å². The molecule has 0 bridgehead atoms. The molecule has 0 saturated carbocycles. The van der Waals surface area contributed by atoms with E-state index >= 15 is 0 Å². The maximum absolute atomic E-state index is 12.2. The van der Waals surface area contributed by atoms with E-state index in [-0.39, 0.29) is 11.5 Å². The summed E-state index contributed by atoms with van der Waals surface area (Å²) in [4.78, 5) is 20.8. The Hall–Kier alpha value is -2.45. The van der Waals surface area contributed by atoms with Gasteiger partial charge in [-0.3, -0.25) is 4.90 Å². The minimum Gasteiger partial charge on any atom is -0.444 e. The van der Waals surface area contributed by atoms with Gasteiger partial charge in [-0.1, -0.05) is 24.3 Å². The van der Waals surface area contributed by atoms with Crippen LogP contribution in [0.4, 0.5) is 4.79 Å². The number of ether oxygens (including phenoxy) is 2. The van der Waals surface area contributed by atoms with Crippen LogP contribution in [0.5, 0.6) is 0 Å². The molecule has 4 rings (SSSR count). The van der Waals surface area contributed by atoms with Gasteiger partial charge >= 0.3 is 6.09 Å².